The Labute approximate surface area is 120 Å². The fourth-order valence-corrected chi connectivity index (χ4v) is 3.23. The minimum absolute atomic E-state index is 0.299. The fourth-order valence-electron chi connectivity index (χ4n) is 3.23. The highest BCUT2D eigenvalue weighted by atomic mass is 15.2. The molecule has 1 fully saturated rings. The Morgan fingerprint density at radius 2 is 2.25 bits per heavy atom. The van der Waals surface area contributed by atoms with Crippen molar-refractivity contribution in [2.75, 3.05) is 19.6 Å². The number of nitrogens with zero attached hydrogens (tertiary/aromatic N) is 2. The third kappa shape index (κ3) is 2.56. The Balaban J connectivity index is 1.82. The largest absolute Gasteiger partial charge is 0.330 e. The van der Waals surface area contributed by atoms with Gasteiger partial charge in [-0.15, -0.1) is 0 Å². The van der Waals surface area contributed by atoms with E-state index in [1.54, 1.807) is 0 Å². The molecule has 20 heavy (non-hydrogen) atoms. The Morgan fingerprint density at radius 1 is 1.40 bits per heavy atom. The first-order valence-electron chi connectivity index (χ1n) is 7.36. The number of likely N-dealkylation sites (tertiary alicyclic amines) is 1. The van der Waals surface area contributed by atoms with Gasteiger partial charge in [0.1, 0.15) is 0 Å². The molecular formula is C17H23N3. The molecular weight excluding hydrogens is 246 g/mol. The summed E-state index contributed by atoms with van der Waals surface area (Å²) in [4.78, 5) is 6.98. The number of nitrogens with two attached hydrogens (primary N) is 1. The lowest BCUT2D eigenvalue weighted by atomic mass is 9.90. The van der Waals surface area contributed by atoms with E-state index < -0.39 is 0 Å². The number of benzene rings is 1. The molecule has 1 aromatic heterocycles. The van der Waals surface area contributed by atoms with Crippen LogP contribution >= 0.6 is 0 Å². The third-order valence-corrected chi connectivity index (χ3v) is 4.49. The zero-order chi connectivity index (χ0) is 14.2. The van der Waals surface area contributed by atoms with Gasteiger partial charge >= 0.3 is 0 Å². The van der Waals surface area contributed by atoms with Gasteiger partial charge in [-0.05, 0) is 55.1 Å². The van der Waals surface area contributed by atoms with Crippen LogP contribution in [0.1, 0.15) is 24.5 Å². The van der Waals surface area contributed by atoms with E-state index in [0.717, 1.165) is 31.7 Å². The van der Waals surface area contributed by atoms with Crippen LogP contribution in [-0.2, 0) is 6.54 Å². The highest BCUT2D eigenvalue weighted by Gasteiger charge is 2.32. The molecule has 0 spiro atoms. The summed E-state index contributed by atoms with van der Waals surface area (Å²) in [6.45, 7) is 8.49. The van der Waals surface area contributed by atoms with Crippen LogP contribution < -0.4 is 5.73 Å². The normalized spacial score (nSPS) is 23.6. The van der Waals surface area contributed by atoms with Gasteiger partial charge in [0, 0.05) is 24.7 Å². The van der Waals surface area contributed by atoms with Crippen LogP contribution in [0.5, 0.6) is 0 Å². The van der Waals surface area contributed by atoms with Gasteiger partial charge in [-0.3, -0.25) is 9.88 Å². The van der Waals surface area contributed by atoms with Crippen LogP contribution in [0, 0.1) is 12.3 Å². The van der Waals surface area contributed by atoms with Crippen LogP contribution in [0.4, 0.5) is 0 Å². The molecule has 2 N–H and O–H groups in total. The summed E-state index contributed by atoms with van der Waals surface area (Å²) in [6.07, 6.45) is 3.07. The zero-order valence-corrected chi connectivity index (χ0v) is 12.4. The molecule has 3 nitrogen and oxygen atoms in total. The Hall–Kier alpha value is -1.45. The van der Waals surface area contributed by atoms with Gasteiger partial charge in [0.05, 0.1) is 5.52 Å². The molecule has 0 radical (unpaired) electrons. The van der Waals surface area contributed by atoms with E-state index in [9.17, 15) is 0 Å². The SMILES string of the molecule is Cc1cc(CN2CCC(C)(CN)C2)cc2cccnc12. The third-order valence-electron chi connectivity index (χ3n) is 4.49. The molecule has 1 aliphatic rings. The van der Waals surface area contributed by atoms with Gasteiger partial charge in [0.25, 0.3) is 0 Å². The fraction of sp³-hybridized carbons (Fsp3) is 0.471. The Kier molecular flexibility index (Phi) is 3.48. The molecule has 0 amide bonds. The Bertz CT molecular complexity index is 623. The molecule has 2 heterocycles. The quantitative estimate of drug-likeness (QED) is 0.931. The highest BCUT2D eigenvalue weighted by Crippen LogP contribution is 2.30. The van der Waals surface area contributed by atoms with Crippen LogP contribution in [0.3, 0.4) is 0 Å². The first-order chi connectivity index (χ1) is 9.59. The summed E-state index contributed by atoms with van der Waals surface area (Å²) in [7, 11) is 0. The second-order valence-electron chi connectivity index (χ2n) is 6.46. The molecule has 1 unspecified atom stereocenters. The molecule has 1 aliphatic heterocycles. The molecule has 3 heteroatoms. The van der Waals surface area contributed by atoms with Gasteiger partial charge in [-0.25, -0.2) is 0 Å². The summed E-state index contributed by atoms with van der Waals surface area (Å²) >= 11 is 0. The summed E-state index contributed by atoms with van der Waals surface area (Å²) in [5.74, 6) is 0. The number of hydrogen-bond donors (Lipinski definition) is 1. The molecule has 1 saturated heterocycles. The van der Waals surface area contributed by atoms with E-state index in [1.165, 1.54) is 22.9 Å². The summed E-state index contributed by atoms with van der Waals surface area (Å²) < 4.78 is 0. The van der Waals surface area contributed by atoms with Gasteiger partial charge in [-0.2, -0.15) is 0 Å². The maximum absolute atomic E-state index is 5.89. The standard InChI is InChI=1S/C17H23N3/c1-13-8-14(9-15-4-3-6-19-16(13)15)10-20-7-5-17(2,11-18)12-20/h3-4,6,8-9H,5,7,10-12,18H2,1-2H3. The van der Waals surface area contributed by atoms with E-state index >= 15 is 0 Å². The number of aryl methyl sites for hydroxylation is 1. The Morgan fingerprint density at radius 3 is 3.00 bits per heavy atom. The first kappa shape index (κ1) is 13.5. The second-order valence-corrected chi connectivity index (χ2v) is 6.46. The van der Waals surface area contributed by atoms with E-state index in [1.807, 2.05) is 12.3 Å². The summed E-state index contributed by atoms with van der Waals surface area (Å²) in [5, 5.41) is 1.24. The van der Waals surface area contributed by atoms with E-state index in [4.69, 9.17) is 5.73 Å². The second kappa shape index (κ2) is 5.15. The smallest absolute Gasteiger partial charge is 0.0731 e. The van der Waals surface area contributed by atoms with E-state index in [0.29, 0.717) is 5.41 Å². The van der Waals surface area contributed by atoms with Crippen molar-refractivity contribution in [3.63, 3.8) is 0 Å². The maximum Gasteiger partial charge on any atom is 0.0731 e. The van der Waals surface area contributed by atoms with Crippen molar-refractivity contribution in [2.24, 2.45) is 11.1 Å². The van der Waals surface area contributed by atoms with Crippen molar-refractivity contribution in [1.29, 1.82) is 0 Å². The zero-order valence-electron chi connectivity index (χ0n) is 12.4. The lowest BCUT2D eigenvalue weighted by molar-refractivity contribution is 0.274. The van der Waals surface area contributed by atoms with Crippen molar-refractivity contribution < 1.29 is 0 Å². The molecule has 1 atom stereocenters. The topological polar surface area (TPSA) is 42.1 Å². The number of aromatic nitrogens is 1. The lowest BCUT2D eigenvalue weighted by Gasteiger charge is -2.22. The minimum atomic E-state index is 0.299. The maximum atomic E-state index is 5.89. The lowest BCUT2D eigenvalue weighted by Crippen LogP contribution is -2.31. The summed E-state index contributed by atoms with van der Waals surface area (Å²) in [5.41, 5.74) is 9.94. The average molecular weight is 269 g/mol. The monoisotopic (exact) mass is 269 g/mol. The molecule has 2 aromatic rings. The van der Waals surface area contributed by atoms with Gasteiger partial charge in [0.15, 0.2) is 0 Å². The van der Waals surface area contributed by atoms with E-state index in [-0.39, 0.29) is 0 Å². The summed E-state index contributed by atoms with van der Waals surface area (Å²) in [6, 6.07) is 8.70. The molecule has 0 aliphatic carbocycles. The van der Waals surface area contributed by atoms with Crippen LogP contribution in [0.15, 0.2) is 30.5 Å². The van der Waals surface area contributed by atoms with Crippen molar-refractivity contribution in [3.05, 3.63) is 41.6 Å². The van der Waals surface area contributed by atoms with E-state index in [2.05, 4.69) is 41.9 Å². The number of pyridine rings is 1. The molecule has 3 rings (SSSR count). The van der Waals surface area contributed by atoms with Crippen molar-refractivity contribution in [3.8, 4) is 0 Å². The van der Waals surface area contributed by atoms with Crippen molar-refractivity contribution in [2.45, 2.75) is 26.8 Å². The molecule has 0 saturated carbocycles. The molecule has 0 bridgehead atoms. The highest BCUT2D eigenvalue weighted by molar-refractivity contribution is 5.82. The van der Waals surface area contributed by atoms with Crippen LogP contribution in [0.2, 0.25) is 0 Å². The van der Waals surface area contributed by atoms with Crippen LogP contribution in [0.25, 0.3) is 10.9 Å². The first-order valence-corrected chi connectivity index (χ1v) is 7.36. The molecule has 106 valence electrons. The van der Waals surface area contributed by atoms with Crippen LogP contribution in [-0.4, -0.2) is 29.5 Å². The minimum Gasteiger partial charge on any atom is -0.330 e. The molecule has 1 aromatic carbocycles. The number of hydrogen-bond acceptors (Lipinski definition) is 3. The predicted molar refractivity (Wildman–Crippen MR) is 83.5 cm³/mol. The van der Waals surface area contributed by atoms with Crippen molar-refractivity contribution in [1.82, 2.24) is 9.88 Å². The van der Waals surface area contributed by atoms with Crippen molar-refractivity contribution >= 4 is 10.9 Å². The number of rotatable bonds is 3. The average Bonchev–Trinajstić information content (AvgIpc) is 2.81. The number of fused-ring (bicyclic) bond motifs is 1. The predicted octanol–water partition coefficient (Wildman–Crippen LogP) is 2.71. The van der Waals surface area contributed by atoms with Gasteiger partial charge in [0.2, 0.25) is 0 Å². The van der Waals surface area contributed by atoms with Gasteiger partial charge < -0.3 is 5.73 Å². The van der Waals surface area contributed by atoms with Gasteiger partial charge in [-0.1, -0.05) is 19.1 Å².